The number of furan rings is 1. The number of urea groups is 1. The van der Waals surface area contributed by atoms with Crippen molar-refractivity contribution in [1.29, 1.82) is 0 Å². The van der Waals surface area contributed by atoms with E-state index >= 15 is 0 Å². The van der Waals surface area contributed by atoms with Crippen LogP contribution in [0.3, 0.4) is 0 Å². The molecule has 0 aliphatic carbocycles. The molecule has 1 rings (SSSR count). The van der Waals surface area contributed by atoms with Gasteiger partial charge in [-0.1, -0.05) is 6.92 Å². The van der Waals surface area contributed by atoms with Crippen molar-refractivity contribution in [2.24, 2.45) is 0 Å². The van der Waals surface area contributed by atoms with E-state index in [4.69, 9.17) is 9.52 Å². The fraction of sp³-hybridized carbons (Fsp3) is 0.667. The predicted molar refractivity (Wildman–Crippen MR) is 78.7 cm³/mol. The maximum atomic E-state index is 12.1. The molecular formula is C15H26N2O3. The Hall–Kier alpha value is -1.49. The first-order valence-corrected chi connectivity index (χ1v) is 7.07. The number of hydrogen-bond acceptors (Lipinski definition) is 3. The molecule has 0 saturated heterocycles. The van der Waals surface area contributed by atoms with E-state index in [9.17, 15) is 4.79 Å². The topological polar surface area (TPSA) is 74.5 Å². The summed E-state index contributed by atoms with van der Waals surface area (Å²) in [6.07, 6.45) is 1.30. The number of carbonyl (C=O) groups is 1. The predicted octanol–water partition coefficient (Wildman–Crippen LogP) is 2.81. The molecule has 2 atom stereocenters. The first kappa shape index (κ1) is 16.6. The number of aryl methyl sites for hydroxylation is 2. The standard InChI is InChI=1S/C15H26N2O3/c1-6-15(5,7-8-18)17-14(19)16-11(3)13-9-10(2)20-12(13)4/h9,11,18H,6-8H2,1-5H3,(H2,16,17,19). The minimum Gasteiger partial charge on any atom is -0.466 e. The molecule has 20 heavy (non-hydrogen) atoms. The number of nitrogens with one attached hydrogen (secondary N) is 2. The van der Waals surface area contributed by atoms with Gasteiger partial charge in [-0.05, 0) is 46.6 Å². The van der Waals surface area contributed by atoms with Gasteiger partial charge in [-0.3, -0.25) is 0 Å². The molecule has 3 N–H and O–H groups in total. The Bertz CT molecular complexity index is 456. The Kier molecular flexibility index (Phi) is 5.62. The zero-order chi connectivity index (χ0) is 15.3. The van der Waals surface area contributed by atoms with Gasteiger partial charge < -0.3 is 20.2 Å². The monoisotopic (exact) mass is 282 g/mol. The van der Waals surface area contributed by atoms with Crippen LogP contribution >= 0.6 is 0 Å². The van der Waals surface area contributed by atoms with Crippen LogP contribution in [0.4, 0.5) is 4.79 Å². The highest BCUT2D eigenvalue weighted by Crippen LogP contribution is 2.21. The third-order valence-corrected chi connectivity index (χ3v) is 3.75. The summed E-state index contributed by atoms with van der Waals surface area (Å²) in [4.78, 5) is 12.1. The number of carbonyl (C=O) groups excluding carboxylic acids is 1. The fourth-order valence-corrected chi connectivity index (χ4v) is 2.24. The summed E-state index contributed by atoms with van der Waals surface area (Å²) >= 11 is 0. The van der Waals surface area contributed by atoms with Gasteiger partial charge in [0.1, 0.15) is 11.5 Å². The fourth-order valence-electron chi connectivity index (χ4n) is 2.24. The van der Waals surface area contributed by atoms with E-state index in [0.29, 0.717) is 6.42 Å². The summed E-state index contributed by atoms with van der Waals surface area (Å²) in [5.41, 5.74) is 0.595. The zero-order valence-electron chi connectivity index (χ0n) is 13.0. The third-order valence-electron chi connectivity index (χ3n) is 3.75. The van der Waals surface area contributed by atoms with Crippen molar-refractivity contribution in [3.8, 4) is 0 Å². The average Bonchev–Trinajstić information content (AvgIpc) is 2.68. The van der Waals surface area contributed by atoms with Crippen molar-refractivity contribution in [2.45, 2.75) is 59.0 Å². The second-order valence-electron chi connectivity index (χ2n) is 5.58. The molecule has 0 aliphatic rings. The molecule has 5 heteroatoms. The molecule has 2 amide bonds. The van der Waals surface area contributed by atoms with Crippen molar-refractivity contribution >= 4 is 6.03 Å². The lowest BCUT2D eigenvalue weighted by molar-refractivity contribution is 0.199. The van der Waals surface area contributed by atoms with Crippen LogP contribution in [0.2, 0.25) is 0 Å². The first-order valence-electron chi connectivity index (χ1n) is 7.07. The third kappa shape index (κ3) is 4.27. The van der Waals surface area contributed by atoms with Gasteiger partial charge in [0.25, 0.3) is 0 Å². The van der Waals surface area contributed by atoms with E-state index < -0.39 is 0 Å². The molecule has 114 valence electrons. The van der Waals surface area contributed by atoms with E-state index in [1.807, 2.05) is 40.7 Å². The van der Waals surface area contributed by atoms with Gasteiger partial charge in [-0.25, -0.2) is 4.79 Å². The van der Waals surface area contributed by atoms with E-state index in [2.05, 4.69) is 10.6 Å². The summed E-state index contributed by atoms with van der Waals surface area (Å²) in [6.45, 7) is 9.68. The van der Waals surface area contributed by atoms with E-state index in [-0.39, 0.29) is 24.2 Å². The number of aliphatic hydroxyl groups is 1. The van der Waals surface area contributed by atoms with Gasteiger partial charge in [0.15, 0.2) is 0 Å². The Morgan fingerprint density at radius 2 is 2.15 bits per heavy atom. The van der Waals surface area contributed by atoms with Crippen LogP contribution in [0.15, 0.2) is 10.5 Å². The summed E-state index contributed by atoms with van der Waals surface area (Å²) in [6, 6.07) is 1.59. The molecule has 0 spiro atoms. The van der Waals surface area contributed by atoms with Crippen LogP contribution in [0, 0.1) is 13.8 Å². The minimum atomic E-state index is -0.389. The number of rotatable bonds is 6. The maximum Gasteiger partial charge on any atom is 0.315 e. The second kappa shape index (κ2) is 6.79. The summed E-state index contributed by atoms with van der Waals surface area (Å²) in [7, 11) is 0. The summed E-state index contributed by atoms with van der Waals surface area (Å²) in [5, 5.41) is 14.9. The molecule has 2 unspecified atom stereocenters. The molecule has 1 aromatic rings. The first-order chi connectivity index (χ1) is 9.31. The van der Waals surface area contributed by atoms with Crippen LogP contribution in [-0.2, 0) is 0 Å². The van der Waals surface area contributed by atoms with Crippen LogP contribution in [-0.4, -0.2) is 23.3 Å². The zero-order valence-corrected chi connectivity index (χ0v) is 13.0. The lowest BCUT2D eigenvalue weighted by Gasteiger charge is -2.29. The van der Waals surface area contributed by atoms with E-state index in [1.54, 1.807) is 0 Å². The number of amides is 2. The van der Waals surface area contributed by atoms with Gasteiger partial charge in [0, 0.05) is 17.7 Å². The molecule has 0 saturated carbocycles. The lowest BCUT2D eigenvalue weighted by atomic mass is 9.95. The van der Waals surface area contributed by atoms with Crippen molar-refractivity contribution in [3.05, 3.63) is 23.2 Å². The summed E-state index contributed by atoms with van der Waals surface area (Å²) in [5.74, 6) is 1.66. The molecular weight excluding hydrogens is 256 g/mol. The molecule has 0 aliphatic heterocycles. The number of aliphatic hydroxyl groups excluding tert-OH is 1. The van der Waals surface area contributed by atoms with Crippen molar-refractivity contribution in [3.63, 3.8) is 0 Å². The minimum absolute atomic E-state index is 0.0558. The van der Waals surface area contributed by atoms with Gasteiger partial charge in [0.2, 0.25) is 0 Å². The van der Waals surface area contributed by atoms with Crippen molar-refractivity contribution in [1.82, 2.24) is 10.6 Å². The highest BCUT2D eigenvalue weighted by Gasteiger charge is 2.24. The van der Waals surface area contributed by atoms with E-state index in [1.165, 1.54) is 0 Å². The second-order valence-corrected chi connectivity index (χ2v) is 5.58. The quantitative estimate of drug-likeness (QED) is 0.751. The highest BCUT2D eigenvalue weighted by atomic mass is 16.3. The Labute approximate surface area is 120 Å². The molecule has 0 radical (unpaired) electrons. The molecule has 5 nitrogen and oxygen atoms in total. The summed E-state index contributed by atoms with van der Waals surface area (Å²) < 4.78 is 5.47. The Morgan fingerprint density at radius 1 is 1.50 bits per heavy atom. The molecule has 1 aromatic heterocycles. The molecule has 1 heterocycles. The number of hydrogen-bond donors (Lipinski definition) is 3. The van der Waals surface area contributed by atoms with Crippen LogP contribution < -0.4 is 10.6 Å². The van der Waals surface area contributed by atoms with Crippen molar-refractivity contribution < 1.29 is 14.3 Å². The molecule has 0 aromatic carbocycles. The highest BCUT2D eigenvalue weighted by molar-refractivity contribution is 5.75. The molecule has 0 bridgehead atoms. The largest absolute Gasteiger partial charge is 0.466 e. The normalized spacial score (nSPS) is 15.5. The van der Waals surface area contributed by atoms with Crippen LogP contribution in [0.1, 0.15) is 56.7 Å². The molecule has 0 fully saturated rings. The van der Waals surface area contributed by atoms with Gasteiger partial charge in [-0.15, -0.1) is 0 Å². The lowest BCUT2D eigenvalue weighted by Crippen LogP contribution is -2.50. The Balaban J connectivity index is 2.64. The van der Waals surface area contributed by atoms with Crippen molar-refractivity contribution in [2.75, 3.05) is 6.61 Å². The van der Waals surface area contributed by atoms with Gasteiger partial charge >= 0.3 is 6.03 Å². The van der Waals surface area contributed by atoms with Crippen LogP contribution in [0.5, 0.6) is 0 Å². The Morgan fingerprint density at radius 3 is 2.60 bits per heavy atom. The van der Waals surface area contributed by atoms with Gasteiger partial charge in [-0.2, -0.15) is 0 Å². The average molecular weight is 282 g/mol. The SMILES string of the molecule is CCC(C)(CCO)NC(=O)NC(C)c1cc(C)oc1C. The smallest absolute Gasteiger partial charge is 0.315 e. The van der Waals surface area contributed by atoms with Gasteiger partial charge in [0.05, 0.1) is 6.04 Å². The maximum absolute atomic E-state index is 12.1. The van der Waals surface area contributed by atoms with Crippen LogP contribution in [0.25, 0.3) is 0 Å². The van der Waals surface area contributed by atoms with E-state index in [0.717, 1.165) is 23.5 Å².